The van der Waals surface area contributed by atoms with Crippen LogP contribution >= 0.6 is 11.6 Å². The number of halogens is 1. The second-order valence-corrected chi connectivity index (χ2v) is 9.11. The van der Waals surface area contributed by atoms with E-state index in [1.165, 1.54) is 0 Å². The second-order valence-electron chi connectivity index (χ2n) is 8.71. The largest absolute Gasteiger partial charge is 0.508 e. The van der Waals surface area contributed by atoms with Crippen LogP contribution in [0, 0.1) is 5.92 Å². The molecule has 180 valence electrons. The summed E-state index contributed by atoms with van der Waals surface area (Å²) in [6, 6.07) is 20.8. The molecule has 0 aliphatic carbocycles. The highest BCUT2D eigenvalue weighted by molar-refractivity contribution is 6.31. The van der Waals surface area contributed by atoms with Gasteiger partial charge in [-0.1, -0.05) is 60.1 Å². The Kier molecular flexibility index (Phi) is 6.34. The summed E-state index contributed by atoms with van der Waals surface area (Å²) < 4.78 is 5.41. The van der Waals surface area contributed by atoms with E-state index in [0.717, 1.165) is 11.1 Å². The first-order valence-electron chi connectivity index (χ1n) is 11.3. The van der Waals surface area contributed by atoms with Crippen LogP contribution < -0.4 is 21.3 Å². The molecular weight excluding hydrogens is 468 g/mol. The predicted octanol–water partition coefficient (Wildman–Crippen LogP) is 2.83. The molecule has 9 heteroatoms. The van der Waals surface area contributed by atoms with Crippen LogP contribution in [0.25, 0.3) is 0 Å². The molecule has 35 heavy (non-hydrogen) atoms. The Morgan fingerprint density at radius 1 is 1.00 bits per heavy atom. The molecule has 2 fully saturated rings. The number of phenols is 1. The maximum absolute atomic E-state index is 13.6. The normalized spacial score (nSPS) is 23.3. The number of amides is 2. The van der Waals surface area contributed by atoms with Gasteiger partial charge in [-0.25, -0.2) is 10.9 Å². The van der Waals surface area contributed by atoms with Gasteiger partial charge in [0.25, 0.3) is 5.91 Å². The van der Waals surface area contributed by atoms with Gasteiger partial charge in [-0.2, -0.15) is 0 Å². The first-order chi connectivity index (χ1) is 16.9. The fourth-order valence-electron chi connectivity index (χ4n) is 5.02. The number of benzene rings is 3. The van der Waals surface area contributed by atoms with E-state index in [1.807, 2.05) is 53.4 Å². The van der Waals surface area contributed by atoms with Crippen molar-refractivity contribution in [3.63, 3.8) is 0 Å². The zero-order valence-electron chi connectivity index (χ0n) is 18.7. The number of nitrogens with zero attached hydrogens (tertiary/aromatic N) is 1. The summed E-state index contributed by atoms with van der Waals surface area (Å²) in [5.74, 6) is -0.155. The molecule has 2 heterocycles. The van der Waals surface area contributed by atoms with Gasteiger partial charge in [-0.05, 0) is 35.4 Å². The summed E-state index contributed by atoms with van der Waals surface area (Å²) in [4.78, 5) is 26.5. The van der Waals surface area contributed by atoms with Gasteiger partial charge in [0.15, 0.2) is 6.61 Å². The molecule has 0 spiro atoms. The van der Waals surface area contributed by atoms with Gasteiger partial charge < -0.3 is 20.5 Å². The maximum Gasteiger partial charge on any atom is 0.255 e. The minimum absolute atomic E-state index is 0.0561. The molecule has 2 saturated heterocycles. The molecule has 4 unspecified atom stereocenters. The number of primary amides is 1. The second kappa shape index (κ2) is 9.58. The van der Waals surface area contributed by atoms with Crippen LogP contribution in [0.2, 0.25) is 5.02 Å². The average Bonchev–Trinajstić information content (AvgIpc) is 3.39. The Morgan fingerprint density at radius 3 is 2.40 bits per heavy atom. The lowest BCUT2D eigenvalue weighted by Gasteiger charge is -2.32. The van der Waals surface area contributed by atoms with Crippen molar-refractivity contribution in [2.24, 2.45) is 11.7 Å². The molecule has 5 N–H and O–H groups in total. The molecule has 2 aliphatic rings. The van der Waals surface area contributed by atoms with Crippen LogP contribution in [0.5, 0.6) is 11.5 Å². The van der Waals surface area contributed by atoms with Crippen LogP contribution in [0.15, 0.2) is 72.8 Å². The Labute approximate surface area is 207 Å². The number of hydrogen-bond acceptors (Lipinski definition) is 6. The van der Waals surface area contributed by atoms with E-state index in [0.29, 0.717) is 22.9 Å². The van der Waals surface area contributed by atoms with Gasteiger partial charge >= 0.3 is 0 Å². The lowest BCUT2D eigenvalue weighted by atomic mass is 9.83. The van der Waals surface area contributed by atoms with Gasteiger partial charge in [0.05, 0.1) is 12.1 Å². The topological polar surface area (TPSA) is 117 Å². The minimum atomic E-state index is -0.558. The number of fused-ring (bicyclic) bond motifs is 1. The molecule has 0 bridgehead atoms. The zero-order valence-corrected chi connectivity index (χ0v) is 19.5. The lowest BCUT2D eigenvalue weighted by Crippen LogP contribution is -2.41. The highest BCUT2D eigenvalue weighted by Crippen LogP contribution is 2.49. The number of nitrogens with two attached hydrogens (primary N) is 1. The van der Waals surface area contributed by atoms with E-state index < -0.39 is 11.9 Å². The maximum atomic E-state index is 13.6. The number of carbonyl (C=O) groups is 2. The van der Waals surface area contributed by atoms with Gasteiger partial charge in [-0.3, -0.25) is 9.59 Å². The zero-order chi connectivity index (χ0) is 24.5. The predicted molar refractivity (Wildman–Crippen MR) is 130 cm³/mol. The highest BCUT2D eigenvalue weighted by Gasteiger charge is 2.55. The summed E-state index contributed by atoms with van der Waals surface area (Å²) in [7, 11) is 0. The average molecular weight is 493 g/mol. The number of para-hydroxylation sites is 1. The molecule has 4 atom stereocenters. The van der Waals surface area contributed by atoms with Crippen LogP contribution in [0.1, 0.15) is 28.8 Å². The number of likely N-dealkylation sites (tertiary alicyclic amines) is 1. The van der Waals surface area contributed by atoms with Gasteiger partial charge in [-0.15, -0.1) is 0 Å². The number of hydrazine groups is 1. The van der Waals surface area contributed by atoms with Gasteiger partial charge in [0.2, 0.25) is 5.91 Å². The first-order valence-corrected chi connectivity index (χ1v) is 11.7. The monoisotopic (exact) mass is 492 g/mol. The molecule has 3 aromatic carbocycles. The number of aromatic hydroxyl groups is 1. The van der Waals surface area contributed by atoms with Crippen molar-refractivity contribution in [1.82, 2.24) is 15.8 Å². The summed E-state index contributed by atoms with van der Waals surface area (Å²) >= 11 is 6.44. The Bertz CT molecular complexity index is 1250. The summed E-state index contributed by atoms with van der Waals surface area (Å²) in [6.45, 7) is 0.124. The fourth-order valence-corrected chi connectivity index (χ4v) is 5.21. The van der Waals surface area contributed by atoms with E-state index >= 15 is 0 Å². The van der Waals surface area contributed by atoms with Crippen molar-refractivity contribution in [2.75, 3.05) is 6.61 Å². The number of phenolic OH excluding ortho intramolecular Hbond substituents is 1. The third-order valence-corrected chi connectivity index (χ3v) is 6.96. The smallest absolute Gasteiger partial charge is 0.255 e. The number of carbonyl (C=O) groups excluding carboxylic acids is 2. The highest BCUT2D eigenvalue weighted by atomic mass is 35.5. The van der Waals surface area contributed by atoms with E-state index in [4.69, 9.17) is 22.1 Å². The van der Waals surface area contributed by atoms with Crippen molar-refractivity contribution in [1.29, 1.82) is 0 Å². The quantitative estimate of drug-likeness (QED) is 0.403. The number of ether oxygens (including phenoxy) is 1. The van der Waals surface area contributed by atoms with Crippen molar-refractivity contribution < 1.29 is 19.4 Å². The molecular formula is C26H25ClN4O4. The van der Waals surface area contributed by atoms with E-state index in [2.05, 4.69) is 10.9 Å². The van der Waals surface area contributed by atoms with Crippen molar-refractivity contribution in [3.8, 4) is 11.5 Å². The van der Waals surface area contributed by atoms with E-state index in [9.17, 15) is 14.7 Å². The summed E-state index contributed by atoms with van der Waals surface area (Å²) in [6.07, 6.45) is 0. The van der Waals surface area contributed by atoms with Crippen molar-refractivity contribution in [3.05, 3.63) is 94.5 Å². The molecule has 3 aromatic rings. The molecule has 8 nitrogen and oxygen atoms in total. The van der Waals surface area contributed by atoms with Crippen LogP contribution in [-0.2, 0) is 16.1 Å². The van der Waals surface area contributed by atoms with E-state index in [-0.39, 0.29) is 36.3 Å². The Morgan fingerprint density at radius 2 is 1.69 bits per heavy atom. The number of nitrogens with one attached hydrogen (secondary N) is 2. The van der Waals surface area contributed by atoms with Crippen LogP contribution in [-0.4, -0.2) is 34.5 Å². The van der Waals surface area contributed by atoms with Crippen molar-refractivity contribution in [2.45, 2.75) is 24.7 Å². The number of rotatable bonds is 7. The van der Waals surface area contributed by atoms with Crippen molar-refractivity contribution >= 4 is 23.4 Å². The summed E-state index contributed by atoms with van der Waals surface area (Å²) in [5.41, 5.74) is 14.0. The SMILES string of the molecule is NC(=O)COc1ccc(C2C3C(NNC3c3ccccc3O)C(=O)N2Cc2ccccc2Cl)cc1. The molecule has 2 amide bonds. The van der Waals surface area contributed by atoms with Crippen LogP contribution in [0.4, 0.5) is 0 Å². The molecule has 2 aliphatic heterocycles. The molecule has 0 radical (unpaired) electrons. The Hall–Kier alpha value is -3.59. The fraction of sp³-hybridized carbons (Fsp3) is 0.231. The first kappa shape index (κ1) is 23.2. The van der Waals surface area contributed by atoms with Crippen LogP contribution in [0.3, 0.4) is 0 Å². The number of hydrogen-bond donors (Lipinski definition) is 4. The minimum Gasteiger partial charge on any atom is -0.508 e. The van der Waals surface area contributed by atoms with Gasteiger partial charge in [0, 0.05) is 23.0 Å². The third kappa shape index (κ3) is 4.43. The molecule has 5 rings (SSSR count). The molecule has 0 aromatic heterocycles. The summed E-state index contributed by atoms with van der Waals surface area (Å²) in [5, 5.41) is 11.1. The standard InChI is InChI=1S/C26H25ClN4O4/c27-19-7-3-1-5-16(19)13-31-25(15-9-11-17(12-10-15)35-14-21(28)33)22-23(29-30-24(22)26(31)34)18-6-2-4-8-20(18)32/h1-12,22-25,29-30,32H,13-14H2,(H2,28,33). The van der Waals surface area contributed by atoms with Gasteiger partial charge in [0.1, 0.15) is 17.5 Å². The Balaban J connectivity index is 1.53. The van der Waals surface area contributed by atoms with E-state index in [1.54, 1.807) is 24.3 Å². The third-order valence-electron chi connectivity index (χ3n) is 6.59. The molecule has 0 saturated carbocycles. The lowest BCUT2D eigenvalue weighted by molar-refractivity contribution is -0.131.